The summed E-state index contributed by atoms with van der Waals surface area (Å²) in [6.45, 7) is 3.19. The second-order valence-electron chi connectivity index (χ2n) is 4.84. The molecule has 1 amide bonds. The van der Waals surface area contributed by atoms with Crippen LogP contribution in [0.5, 0.6) is 0 Å². The molecule has 18 heavy (non-hydrogen) atoms. The number of hydrogen-bond donors (Lipinski definition) is 2. The van der Waals surface area contributed by atoms with E-state index in [4.69, 9.17) is 5.73 Å². The Morgan fingerprint density at radius 2 is 2.17 bits per heavy atom. The van der Waals surface area contributed by atoms with E-state index >= 15 is 0 Å². The van der Waals surface area contributed by atoms with Crippen molar-refractivity contribution in [1.29, 1.82) is 0 Å². The lowest BCUT2D eigenvalue weighted by atomic mass is 9.74. The molecular weight excluding hydrogens is 228 g/mol. The van der Waals surface area contributed by atoms with Crippen molar-refractivity contribution in [3.8, 4) is 0 Å². The van der Waals surface area contributed by atoms with E-state index in [1.54, 1.807) is 0 Å². The third-order valence-corrected chi connectivity index (χ3v) is 3.55. The molecule has 3 N–H and O–H groups in total. The Hall–Kier alpha value is -1.55. The molecule has 0 bridgehead atoms. The Kier molecular flexibility index (Phi) is 4.20. The van der Waals surface area contributed by atoms with Crippen LogP contribution in [-0.2, 0) is 4.74 Å². The van der Waals surface area contributed by atoms with Crippen LogP contribution in [0.25, 0.3) is 0 Å². The van der Waals surface area contributed by atoms with Crippen LogP contribution >= 0.6 is 0 Å². The Morgan fingerprint density at radius 1 is 1.44 bits per heavy atom. The summed E-state index contributed by atoms with van der Waals surface area (Å²) in [4.78, 5) is 10.4. The lowest BCUT2D eigenvalue weighted by molar-refractivity contribution is 0.152. The number of rotatable bonds is 5. The molecule has 1 fully saturated rings. The Morgan fingerprint density at radius 3 is 2.83 bits per heavy atom. The minimum absolute atomic E-state index is 0.348. The summed E-state index contributed by atoms with van der Waals surface area (Å²) in [5.41, 5.74) is 7.72. The van der Waals surface area contributed by atoms with Crippen LogP contribution in [0.15, 0.2) is 24.3 Å². The summed E-state index contributed by atoms with van der Waals surface area (Å²) in [5, 5.41) is 3.36. The van der Waals surface area contributed by atoms with E-state index in [0.29, 0.717) is 25.1 Å². The van der Waals surface area contributed by atoms with Gasteiger partial charge in [-0.3, -0.25) is 0 Å². The van der Waals surface area contributed by atoms with Gasteiger partial charge in [0.05, 0.1) is 0 Å². The largest absolute Gasteiger partial charge is 0.448 e. The van der Waals surface area contributed by atoms with Gasteiger partial charge in [-0.05, 0) is 36.8 Å². The first-order valence-electron chi connectivity index (χ1n) is 6.38. The molecule has 0 heterocycles. The number of amides is 1. The maximum Gasteiger partial charge on any atom is 0.404 e. The van der Waals surface area contributed by atoms with Crippen LogP contribution in [0.3, 0.4) is 0 Å². The second kappa shape index (κ2) is 5.87. The van der Waals surface area contributed by atoms with Gasteiger partial charge in [0.2, 0.25) is 0 Å². The third-order valence-electron chi connectivity index (χ3n) is 3.55. The van der Waals surface area contributed by atoms with Crippen LogP contribution in [-0.4, -0.2) is 25.3 Å². The van der Waals surface area contributed by atoms with Crippen molar-refractivity contribution in [3.63, 3.8) is 0 Å². The van der Waals surface area contributed by atoms with Crippen LogP contribution in [0, 0.1) is 6.92 Å². The maximum atomic E-state index is 10.4. The summed E-state index contributed by atoms with van der Waals surface area (Å²) in [6.07, 6.45) is 1.60. The molecule has 4 nitrogen and oxygen atoms in total. The van der Waals surface area contributed by atoms with Gasteiger partial charge in [-0.15, -0.1) is 0 Å². The highest BCUT2D eigenvalue weighted by Gasteiger charge is 2.30. The third kappa shape index (κ3) is 3.23. The average molecular weight is 248 g/mol. The average Bonchev–Trinajstić information content (AvgIpc) is 2.28. The number of benzene rings is 1. The predicted octanol–water partition coefficient (Wildman–Crippen LogP) is 1.93. The number of ether oxygens (including phenoxy) is 1. The van der Waals surface area contributed by atoms with Crippen molar-refractivity contribution in [3.05, 3.63) is 35.4 Å². The van der Waals surface area contributed by atoms with Gasteiger partial charge >= 0.3 is 6.09 Å². The summed E-state index contributed by atoms with van der Waals surface area (Å²) in [6, 6.07) is 9.09. The maximum absolute atomic E-state index is 10.4. The summed E-state index contributed by atoms with van der Waals surface area (Å²) < 4.78 is 4.67. The van der Waals surface area contributed by atoms with E-state index in [9.17, 15) is 4.79 Å². The number of carbonyl (C=O) groups is 1. The van der Waals surface area contributed by atoms with E-state index in [1.165, 1.54) is 11.1 Å². The van der Waals surface area contributed by atoms with Crippen molar-refractivity contribution < 1.29 is 9.53 Å². The highest BCUT2D eigenvalue weighted by atomic mass is 16.5. The summed E-state index contributed by atoms with van der Waals surface area (Å²) in [5.74, 6) is 0.667. The molecule has 4 heteroatoms. The van der Waals surface area contributed by atoms with E-state index in [2.05, 4.69) is 41.2 Å². The number of hydrogen-bond acceptors (Lipinski definition) is 3. The van der Waals surface area contributed by atoms with Gasteiger partial charge in [0, 0.05) is 12.6 Å². The molecule has 0 saturated heterocycles. The number of carbonyl (C=O) groups excluding carboxylic acids is 1. The smallest absolute Gasteiger partial charge is 0.404 e. The summed E-state index contributed by atoms with van der Waals surface area (Å²) >= 11 is 0. The van der Waals surface area contributed by atoms with E-state index in [-0.39, 0.29) is 0 Å². The molecule has 0 spiro atoms. The Labute approximate surface area is 108 Å². The predicted molar refractivity (Wildman–Crippen MR) is 70.5 cm³/mol. The van der Waals surface area contributed by atoms with Crippen LogP contribution in [0.4, 0.5) is 4.79 Å². The number of primary amides is 1. The fourth-order valence-corrected chi connectivity index (χ4v) is 2.50. The molecular formula is C14H20N2O2. The number of nitrogens with one attached hydrogen (secondary N) is 1. The van der Waals surface area contributed by atoms with Crippen molar-refractivity contribution in [2.75, 3.05) is 13.2 Å². The molecule has 2 rings (SSSR count). The van der Waals surface area contributed by atoms with Crippen molar-refractivity contribution in [2.45, 2.75) is 31.7 Å². The van der Waals surface area contributed by atoms with Gasteiger partial charge in [0.1, 0.15) is 6.61 Å². The highest BCUT2D eigenvalue weighted by molar-refractivity contribution is 5.64. The van der Waals surface area contributed by atoms with Gasteiger partial charge in [0.25, 0.3) is 0 Å². The zero-order valence-corrected chi connectivity index (χ0v) is 10.7. The SMILES string of the molecule is Cc1ccccc1C1CC(NCCOC(N)=O)C1. The molecule has 1 aliphatic carbocycles. The molecule has 98 valence electrons. The van der Waals surface area contributed by atoms with E-state index in [1.807, 2.05) is 0 Å². The van der Waals surface area contributed by atoms with Gasteiger partial charge in [-0.25, -0.2) is 4.79 Å². The molecule has 1 aromatic carbocycles. The number of aryl methyl sites for hydroxylation is 1. The molecule has 0 unspecified atom stereocenters. The fraction of sp³-hybridized carbons (Fsp3) is 0.500. The van der Waals surface area contributed by atoms with Gasteiger partial charge in [-0.1, -0.05) is 24.3 Å². The minimum atomic E-state index is -0.705. The molecule has 0 atom stereocenters. The highest BCUT2D eigenvalue weighted by Crippen LogP contribution is 2.38. The van der Waals surface area contributed by atoms with Crippen LogP contribution in [0.2, 0.25) is 0 Å². The molecule has 0 aliphatic heterocycles. The Bertz CT molecular complexity index is 414. The first kappa shape index (κ1) is 12.9. The zero-order chi connectivity index (χ0) is 13.0. The number of nitrogens with two attached hydrogens (primary N) is 1. The fourth-order valence-electron chi connectivity index (χ4n) is 2.50. The zero-order valence-electron chi connectivity index (χ0n) is 10.7. The van der Waals surface area contributed by atoms with Crippen LogP contribution < -0.4 is 11.1 Å². The van der Waals surface area contributed by atoms with Crippen molar-refractivity contribution >= 4 is 6.09 Å². The van der Waals surface area contributed by atoms with Gasteiger partial charge in [0.15, 0.2) is 0 Å². The normalized spacial score (nSPS) is 22.3. The second-order valence-corrected chi connectivity index (χ2v) is 4.84. The molecule has 1 aliphatic rings. The van der Waals surface area contributed by atoms with Gasteiger partial charge < -0.3 is 15.8 Å². The van der Waals surface area contributed by atoms with Crippen molar-refractivity contribution in [2.24, 2.45) is 5.73 Å². The molecule has 0 aromatic heterocycles. The topological polar surface area (TPSA) is 64.3 Å². The lowest BCUT2D eigenvalue weighted by Gasteiger charge is -2.37. The van der Waals surface area contributed by atoms with E-state index in [0.717, 1.165) is 12.8 Å². The molecule has 0 radical (unpaired) electrons. The standard InChI is InChI=1S/C14H20N2O2/c1-10-4-2-3-5-13(10)11-8-12(9-11)16-6-7-18-14(15)17/h2-5,11-12,16H,6-9H2,1H3,(H2,15,17). The van der Waals surface area contributed by atoms with Crippen LogP contribution in [0.1, 0.15) is 29.9 Å². The molecule has 1 aromatic rings. The lowest BCUT2D eigenvalue weighted by Crippen LogP contribution is -2.42. The van der Waals surface area contributed by atoms with Gasteiger partial charge in [-0.2, -0.15) is 0 Å². The first-order chi connectivity index (χ1) is 8.66. The first-order valence-corrected chi connectivity index (χ1v) is 6.38. The monoisotopic (exact) mass is 248 g/mol. The molecule has 1 saturated carbocycles. The Balaban J connectivity index is 1.68. The van der Waals surface area contributed by atoms with Crippen molar-refractivity contribution in [1.82, 2.24) is 5.32 Å². The quantitative estimate of drug-likeness (QED) is 0.782. The summed E-state index contributed by atoms with van der Waals surface area (Å²) in [7, 11) is 0. The minimum Gasteiger partial charge on any atom is -0.448 e. The van der Waals surface area contributed by atoms with E-state index < -0.39 is 6.09 Å².